The molecule has 2 fully saturated rings. The molecule has 0 bridgehead atoms. The van der Waals surface area contributed by atoms with E-state index in [4.69, 9.17) is 11.3 Å². The van der Waals surface area contributed by atoms with Crippen LogP contribution in [0.5, 0.6) is 0 Å². The Morgan fingerprint density at radius 2 is 1.89 bits per heavy atom. The Bertz CT molecular complexity index is 470. The van der Waals surface area contributed by atoms with Gasteiger partial charge in [-0.15, -0.1) is 5.10 Å². The number of piperazine rings is 1. The summed E-state index contributed by atoms with van der Waals surface area (Å²) in [6.07, 6.45) is 4.13. The molecule has 6 nitrogen and oxygen atoms in total. The molecule has 0 amide bonds. The standard InChI is InChI=1S/C12H20N6/c13-11-4-5-12(15-18(11)14)17-8-6-16(7-9-17)10-2-1-3-10/h4-5,10,13H,1-3,6-9,14H2. The van der Waals surface area contributed by atoms with Crippen molar-refractivity contribution in [1.29, 1.82) is 5.41 Å². The minimum absolute atomic E-state index is 0.229. The van der Waals surface area contributed by atoms with E-state index in [1.54, 1.807) is 6.07 Å². The topological polar surface area (TPSA) is 74.2 Å². The van der Waals surface area contributed by atoms with Crippen LogP contribution in [0.4, 0.5) is 5.82 Å². The molecule has 6 heteroatoms. The third-order valence-electron chi connectivity index (χ3n) is 4.08. The summed E-state index contributed by atoms with van der Waals surface area (Å²) in [5, 5.41) is 11.7. The first kappa shape index (κ1) is 11.5. The summed E-state index contributed by atoms with van der Waals surface area (Å²) in [6.45, 7) is 4.22. The van der Waals surface area contributed by atoms with E-state index in [1.807, 2.05) is 6.07 Å². The smallest absolute Gasteiger partial charge is 0.164 e. The van der Waals surface area contributed by atoms with Gasteiger partial charge in [0.25, 0.3) is 0 Å². The first-order chi connectivity index (χ1) is 8.74. The average Bonchev–Trinajstić information content (AvgIpc) is 2.32. The van der Waals surface area contributed by atoms with Crippen molar-refractivity contribution in [3.63, 3.8) is 0 Å². The fourth-order valence-corrected chi connectivity index (χ4v) is 2.66. The molecule has 1 aromatic rings. The Kier molecular flexibility index (Phi) is 2.95. The maximum Gasteiger partial charge on any atom is 0.164 e. The predicted octanol–water partition coefficient (Wildman–Crippen LogP) is -0.249. The molecule has 0 spiro atoms. The van der Waals surface area contributed by atoms with Crippen LogP contribution in [-0.4, -0.2) is 47.0 Å². The molecule has 0 aromatic carbocycles. The van der Waals surface area contributed by atoms with Crippen molar-refractivity contribution >= 4 is 5.82 Å². The number of anilines is 1. The monoisotopic (exact) mass is 248 g/mol. The lowest BCUT2D eigenvalue weighted by Gasteiger charge is -2.43. The summed E-state index contributed by atoms with van der Waals surface area (Å²) in [6, 6.07) is 4.40. The van der Waals surface area contributed by atoms with Gasteiger partial charge in [-0.25, -0.2) is 0 Å². The van der Waals surface area contributed by atoms with E-state index < -0.39 is 0 Å². The van der Waals surface area contributed by atoms with Crippen molar-refractivity contribution in [2.24, 2.45) is 0 Å². The lowest BCUT2D eigenvalue weighted by Crippen LogP contribution is -2.52. The quantitative estimate of drug-likeness (QED) is 0.708. The number of nitrogens with one attached hydrogen (secondary N) is 1. The van der Waals surface area contributed by atoms with Gasteiger partial charge in [0.2, 0.25) is 0 Å². The molecule has 0 atom stereocenters. The first-order valence-corrected chi connectivity index (χ1v) is 6.63. The largest absolute Gasteiger partial charge is 0.353 e. The maximum atomic E-state index is 7.50. The van der Waals surface area contributed by atoms with Crippen molar-refractivity contribution in [3.8, 4) is 0 Å². The summed E-state index contributed by atoms with van der Waals surface area (Å²) in [7, 11) is 0. The van der Waals surface area contributed by atoms with Crippen molar-refractivity contribution in [2.45, 2.75) is 25.3 Å². The zero-order valence-corrected chi connectivity index (χ0v) is 10.5. The van der Waals surface area contributed by atoms with E-state index in [0.29, 0.717) is 0 Å². The fourth-order valence-electron chi connectivity index (χ4n) is 2.66. The number of nitrogen functional groups attached to an aromatic ring is 1. The summed E-state index contributed by atoms with van der Waals surface area (Å²) >= 11 is 0. The molecule has 1 aliphatic carbocycles. The van der Waals surface area contributed by atoms with Crippen LogP contribution in [0.15, 0.2) is 12.1 Å². The minimum Gasteiger partial charge on any atom is -0.353 e. The van der Waals surface area contributed by atoms with Gasteiger partial charge < -0.3 is 10.7 Å². The number of nitrogens with two attached hydrogens (primary N) is 1. The molecular formula is C12H20N6. The normalized spacial score (nSPS) is 21.9. The number of hydrogen-bond donors (Lipinski definition) is 2. The Morgan fingerprint density at radius 1 is 1.17 bits per heavy atom. The molecule has 2 aliphatic rings. The van der Waals surface area contributed by atoms with Crippen LogP contribution in [0, 0.1) is 5.41 Å². The minimum atomic E-state index is 0.229. The van der Waals surface area contributed by atoms with Gasteiger partial charge in [-0.3, -0.25) is 10.3 Å². The highest BCUT2D eigenvalue weighted by Gasteiger charge is 2.28. The average molecular weight is 248 g/mol. The second-order valence-corrected chi connectivity index (χ2v) is 5.13. The molecule has 0 unspecified atom stereocenters. The molecule has 3 rings (SSSR count). The maximum absolute atomic E-state index is 7.50. The van der Waals surface area contributed by atoms with E-state index in [2.05, 4.69) is 14.9 Å². The molecule has 3 N–H and O–H groups in total. The van der Waals surface area contributed by atoms with Crippen LogP contribution in [0.1, 0.15) is 19.3 Å². The van der Waals surface area contributed by atoms with E-state index in [-0.39, 0.29) is 5.49 Å². The molecule has 98 valence electrons. The molecule has 1 aromatic heterocycles. The Morgan fingerprint density at radius 3 is 2.44 bits per heavy atom. The number of aromatic nitrogens is 2. The molecular weight excluding hydrogens is 228 g/mol. The molecule has 0 radical (unpaired) electrons. The third kappa shape index (κ3) is 2.08. The third-order valence-corrected chi connectivity index (χ3v) is 4.08. The van der Waals surface area contributed by atoms with E-state index in [9.17, 15) is 0 Å². The van der Waals surface area contributed by atoms with Gasteiger partial charge in [-0.1, -0.05) is 6.42 Å². The zero-order valence-electron chi connectivity index (χ0n) is 10.5. The second-order valence-electron chi connectivity index (χ2n) is 5.13. The van der Waals surface area contributed by atoms with E-state index >= 15 is 0 Å². The first-order valence-electron chi connectivity index (χ1n) is 6.63. The van der Waals surface area contributed by atoms with Crippen molar-refractivity contribution in [2.75, 3.05) is 36.9 Å². The number of hydrogen-bond acceptors (Lipinski definition) is 5. The Balaban J connectivity index is 1.64. The summed E-state index contributed by atoms with van der Waals surface area (Å²) in [5.74, 6) is 6.49. The van der Waals surface area contributed by atoms with Crippen LogP contribution < -0.4 is 16.2 Å². The zero-order chi connectivity index (χ0) is 12.5. The SMILES string of the molecule is N=c1ccc(N2CCN(C3CCC3)CC2)nn1N. The summed E-state index contributed by atoms with van der Waals surface area (Å²) in [4.78, 5) is 5.97. The van der Waals surface area contributed by atoms with Crippen LogP contribution >= 0.6 is 0 Å². The van der Waals surface area contributed by atoms with Crippen LogP contribution in [0.2, 0.25) is 0 Å². The van der Waals surface area contributed by atoms with Gasteiger partial charge in [-0.05, 0) is 25.0 Å². The van der Waals surface area contributed by atoms with Gasteiger partial charge in [0, 0.05) is 32.2 Å². The summed E-state index contributed by atoms with van der Waals surface area (Å²) < 4.78 is 0. The Labute approximate surface area is 106 Å². The highest BCUT2D eigenvalue weighted by atomic mass is 15.5. The van der Waals surface area contributed by atoms with Gasteiger partial charge in [0.15, 0.2) is 11.3 Å². The second kappa shape index (κ2) is 4.61. The fraction of sp³-hybridized carbons (Fsp3) is 0.667. The van der Waals surface area contributed by atoms with Gasteiger partial charge in [-0.2, -0.15) is 4.79 Å². The summed E-state index contributed by atoms with van der Waals surface area (Å²) in [5.41, 5.74) is 0.229. The van der Waals surface area contributed by atoms with Crippen LogP contribution in [-0.2, 0) is 0 Å². The van der Waals surface area contributed by atoms with E-state index in [0.717, 1.165) is 42.8 Å². The molecule has 18 heavy (non-hydrogen) atoms. The molecule has 1 saturated heterocycles. The number of nitrogens with zero attached hydrogens (tertiary/aromatic N) is 4. The lowest BCUT2D eigenvalue weighted by molar-refractivity contribution is 0.120. The van der Waals surface area contributed by atoms with Gasteiger partial charge in [0.05, 0.1) is 0 Å². The predicted molar refractivity (Wildman–Crippen MR) is 69.7 cm³/mol. The highest BCUT2D eigenvalue weighted by molar-refractivity contribution is 5.37. The van der Waals surface area contributed by atoms with E-state index in [1.165, 1.54) is 19.3 Å². The van der Waals surface area contributed by atoms with Crippen molar-refractivity contribution in [3.05, 3.63) is 17.6 Å². The lowest BCUT2D eigenvalue weighted by atomic mass is 9.91. The van der Waals surface area contributed by atoms with Gasteiger partial charge in [0.1, 0.15) is 0 Å². The van der Waals surface area contributed by atoms with Crippen molar-refractivity contribution < 1.29 is 0 Å². The van der Waals surface area contributed by atoms with Crippen molar-refractivity contribution in [1.82, 2.24) is 14.8 Å². The highest BCUT2D eigenvalue weighted by Crippen LogP contribution is 2.26. The Hall–Kier alpha value is -1.56. The van der Waals surface area contributed by atoms with Gasteiger partial charge >= 0.3 is 0 Å². The van der Waals surface area contributed by atoms with Crippen LogP contribution in [0.25, 0.3) is 0 Å². The number of rotatable bonds is 2. The molecule has 2 heterocycles. The molecule has 1 saturated carbocycles. The van der Waals surface area contributed by atoms with Crippen LogP contribution in [0.3, 0.4) is 0 Å². The molecule has 1 aliphatic heterocycles.